The molecule has 1 aliphatic rings. The van der Waals surface area contributed by atoms with Gasteiger partial charge in [0.1, 0.15) is 6.61 Å². The summed E-state index contributed by atoms with van der Waals surface area (Å²) in [6, 6.07) is 0. The summed E-state index contributed by atoms with van der Waals surface area (Å²) in [7, 11) is 1.44. The smallest absolute Gasteiger partial charge is 0.332 e. The number of ether oxygens (including phenoxy) is 2. The number of carboxylic acid groups (broad SMARTS) is 1. The molecule has 1 saturated heterocycles. The van der Waals surface area contributed by atoms with E-state index in [0.717, 1.165) is 0 Å². The SMILES string of the molecule is COCC1(C(=O)O)CCCN1C(=O)COC(C)C. The number of carbonyl (C=O) groups is 2. The van der Waals surface area contributed by atoms with Gasteiger partial charge in [-0.15, -0.1) is 0 Å². The molecule has 6 heteroatoms. The minimum absolute atomic E-state index is 0.00967. The molecule has 0 saturated carbocycles. The lowest BCUT2D eigenvalue weighted by molar-refractivity contribution is -0.162. The molecule has 1 rings (SSSR count). The van der Waals surface area contributed by atoms with E-state index in [2.05, 4.69) is 0 Å². The maximum atomic E-state index is 12.0. The number of hydrogen-bond acceptors (Lipinski definition) is 4. The summed E-state index contributed by atoms with van der Waals surface area (Å²) in [5, 5.41) is 9.38. The largest absolute Gasteiger partial charge is 0.479 e. The highest BCUT2D eigenvalue weighted by molar-refractivity contribution is 5.88. The first-order valence-electron chi connectivity index (χ1n) is 6.08. The number of methoxy groups -OCH3 is 1. The molecule has 1 amide bonds. The quantitative estimate of drug-likeness (QED) is 0.752. The van der Waals surface area contributed by atoms with E-state index in [0.29, 0.717) is 19.4 Å². The molecular formula is C12H21NO5. The first-order chi connectivity index (χ1) is 8.44. The van der Waals surface area contributed by atoms with Crippen molar-refractivity contribution in [2.45, 2.75) is 38.3 Å². The van der Waals surface area contributed by atoms with Crippen LogP contribution in [0.1, 0.15) is 26.7 Å². The zero-order valence-electron chi connectivity index (χ0n) is 11.1. The highest BCUT2D eigenvalue weighted by atomic mass is 16.5. The second-order valence-electron chi connectivity index (χ2n) is 4.78. The van der Waals surface area contributed by atoms with Crippen LogP contribution in [-0.4, -0.2) is 60.4 Å². The summed E-state index contributed by atoms with van der Waals surface area (Å²) in [5.74, 6) is -1.31. The normalized spacial score (nSPS) is 23.7. The van der Waals surface area contributed by atoms with E-state index in [9.17, 15) is 14.7 Å². The Morgan fingerprint density at radius 2 is 2.11 bits per heavy atom. The zero-order valence-corrected chi connectivity index (χ0v) is 11.1. The summed E-state index contributed by atoms with van der Waals surface area (Å²) in [5.41, 5.74) is -1.23. The van der Waals surface area contributed by atoms with E-state index in [1.807, 2.05) is 13.8 Å². The predicted molar refractivity (Wildman–Crippen MR) is 64.3 cm³/mol. The Hall–Kier alpha value is -1.14. The maximum Gasteiger partial charge on any atom is 0.332 e. The topological polar surface area (TPSA) is 76.1 Å². The van der Waals surface area contributed by atoms with Gasteiger partial charge in [-0.3, -0.25) is 4.79 Å². The van der Waals surface area contributed by atoms with Crippen molar-refractivity contribution < 1.29 is 24.2 Å². The number of likely N-dealkylation sites (tertiary alicyclic amines) is 1. The van der Waals surface area contributed by atoms with Gasteiger partial charge in [-0.1, -0.05) is 0 Å². The molecule has 1 fully saturated rings. The Balaban J connectivity index is 2.78. The van der Waals surface area contributed by atoms with Crippen molar-refractivity contribution in [1.29, 1.82) is 0 Å². The molecule has 18 heavy (non-hydrogen) atoms. The number of carbonyl (C=O) groups excluding carboxylic acids is 1. The van der Waals surface area contributed by atoms with Crippen LogP contribution in [0.5, 0.6) is 0 Å². The fraction of sp³-hybridized carbons (Fsp3) is 0.833. The maximum absolute atomic E-state index is 12.0. The van der Waals surface area contributed by atoms with Crippen LogP contribution in [0.15, 0.2) is 0 Å². The molecule has 1 N–H and O–H groups in total. The van der Waals surface area contributed by atoms with Crippen molar-refractivity contribution in [3.8, 4) is 0 Å². The molecule has 0 radical (unpaired) electrons. The van der Waals surface area contributed by atoms with E-state index in [4.69, 9.17) is 9.47 Å². The van der Waals surface area contributed by atoms with Gasteiger partial charge in [-0.25, -0.2) is 4.79 Å². The molecule has 1 aliphatic heterocycles. The van der Waals surface area contributed by atoms with Gasteiger partial charge in [0.2, 0.25) is 5.91 Å². The number of hydrogen-bond donors (Lipinski definition) is 1. The van der Waals surface area contributed by atoms with Crippen LogP contribution >= 0.6 is 0 Å². The second kappa shape index (κ2) is 6.15. The minimum atomic E-state index is -1.23. The van der Waals surface area contributed by atoms with Gasteiger partial charge in [-0.2, -0.15) is 0 Å². The van der Waals surface area contributed by atoms with Gasteiger partial charge in [0.15, 0.2) is 5.54 Å². The number of nitrogens with zero attached hydrogens (tertiary/aromatic N) is 1. The Bertz CT molecular complexity index is 318. The predicted octanol–water partition coefficient (Wildman–Crippen LogP) is 0.504. The van der Waals surface area contributed by atoms with Crippen molar-refractivity contribution in [2.75, 3.05) is 26.9 Å². The van der Waals surface area contributed by atoms with Crippen molar-refractivity contribution in [3.05, 3.63) is 0 Å². The van der Waals surface area contributed by atoms with Crippen molar-refractivity contribution >= 4 is 11.9 Å². The molecule has 1 heterocycles. The molecule has 0 aliphatic carbocycles. The molecule has 1 unspecified atom stereocenters. The van der Waals surface area contributed by atoms with Crippen molar-refractivity contribution in [2.24, 2.45) is 0 Å². The molecular weight excluding hydrogens is 238 g/mol. The summed E-state index contributed by atoms with van der Waals surface area (Å²) in [4.78, 5) is 24.9. The third kappa shape index (κ3) is 3.00. The lowest BCUT2D eigenvalue weighted by atomic mass is 9.97. The molecule has 0 bridgehead atoms. The Morgan fingerprint density at radius 3 is 2.61 bits per heavy atom. The highest BCUT2D eigenvalue weighted by Crippen LogP contribution is 2.30. The lowest BCUT2D eigenvalue weighted by Gasteiger charge is -2.34. The van der Waals surface area contributed by atoms with Gasteiger partial charge in [0.25, 0.3) is 0 Å². The summed E-state index contributed by atoms with van der Waals surface area (Å²) in [6.07, 6.45) is 1.03. The fourth-order valence-electron chi connectivity index (χ4n) is 2.23. The van der Waals surface area contributed by atoms with Gasteiger partial charge in [0, 0.05) is 13.7 Å². The zero-order chi connectivity index (χ0) is 13.8. The van der Waals surface area contributed by atoms with Gasteiger partial charge >= 0.3 is 5.97 Å². The first kappa shape index (κ1) is 14.9. The second-order valence-corrected chi connectivity index (χ2v) is 4.78. The van der Waals surface area contributed by atoms with Crippen LogP contribution in [0, 0.1) is 0 Å². The van der Waals surface area contributed by atoms with E-state index < -0.39 is 11.5 Å². The average molecular weight is 259 g/mol. The van der Waals surface area contributed by atoms with E-state index in [-0.39, 0.29) is 25.2 Å². The van der Waals surface area contributed by atoms with E-state index in [1.165, 1.54) is 12.0 Å². The Labute approximate surface area is 107 Å². The Morgan fingerprint density at radius 1 is 1.44 bits per heavy atom. The third-order valence-corrected chi connectivity index (χ3v) is 3.11. The lowest BCUT2D eigenvalue weighted by Crippen LogP contribution is -2.57. The molecule has 0 spiro atoms. The molecule has 104 valence electrons. The molecule has 1 atom stereocenters. The molecule has 6 nitrogen and oxygen atoms in total. The summed E-state index contributed by atoms with van der Waals surface area (Å²) < 4.78 is 10.2. The standard InChI is InChI=1S/C12H21NO5/c1-9(2)18-7-10(14)13-6-4-5-12(13,8-17-3)11(15)16/h9H,4-8H2,1-3H3,(H,15,16). The van der Waals surface area contributed by atoms with Crippen LogP contribution in [0.3, 0.4) is 0 Å². The van der Waals surface area contributed by atoms with Crippen molar-refractivity contribution in [3.63, 3.8) is 0 Å². The Kier molecular flexibility index (Phi) is 5.10. The number of carboxylic acids is 1. The number of amides is 1. The van der Waals surface area contributed by atoms with Gasteiger partial charge < -0.3 is 19.5 Å². The van der Waals surface area contributed by atoms with Crippen LogP contribution < -0.4 is 0 Å². The number of rotatable bonds is 6. The van der Waals surface area contributed by atoms with E-state index >= 15 is 0 Å². The van der Waals surface area contributed by atoms with Crippen LogP contribution in [0.25, 0.3) is 0 Å². The summed E-state index contributed by atoms with van der Waals surface area (Å²) in [6.45, 7) is 4.02. The molecule has 0 aromatic rings. The van der Waals surface area contributed by atoms with Gasteiger partial charge in [0.05, 0.1) is 12.7 Å². The fourth-order valence-corrected chi connectivity index (χ4v) is 2.23. The highest BCUT2D eigenvalue weighted by Gasteiger charge is 2.50. The summed E-state index contributed by atoms with van der Waals surface area (Å²) >= 11 is 0. The van der Waals surface area contributed by atoms with E-state index in [1.54, 1.807) is 0 Å². The molecule has 0 aromatic carbocycles. The van der Waals surface area contributed by atoms with Crippen LogP contribution in [0.4, 0.5) is 0 Å². The monoisotopic (exact) mass is 259 g/mol. The average Bonchev–Trinajstić information content (AvgIpc) is 2.71. The van der Waals surface area contributed by atoms with Crippen LogP contribution in [0.2, 0.25) is 0 Å². The van der Waals surface area contributed by atoms with Crippen LogP contribution in [-0.2, 0) is 19.1 Å². The minimum Gasteiger partial charge on any atom is -0.479 e. The number of aliphatic carboxylic acids is 1. The van der Waals surface area contributed by atoms with Gasteiger partial charge in [-0.05, 0) is 26.7 Å². The van der Waals surface area contributed by atoms with Crippen molar-refractivity contribution in [1.82, 2.24) is 4.90 Å². The first-order valence-corrected chi connectivity index (χ1v) is 6.08. The third-order valence-electron chi connectivity index (χ3n) is 3.11. The molecule has 0 aromatic heterocycles.